The van der Waals surface area contributed by atoms with Crippen molar-refractivity contribution in [2.45, 2.75) is 24.1 Å². The van der Waals surface area contributed by atoms with Crippen LogP contribution in [0, 0.1) is 0 Å². The molecule has 2 rings (SSSR count). The molecule has 1 aromatic heterocycles. The van der Waals surface area contributed by atoms with Gasteiger partial charge in [-0.2, -0.15) is 11.8 Å². The van der Waals surface area contributed by atoms with E-state index in [-0.39, 0.29) is 5.54 Å². The minimum absolute atomic E-state index is 0.228. The van der Waals surface area contributed by atoms with Gasteiger partial charge in [0.05, 0.1) is 5.54 Å². The molecule has 12 heavy (non-hydrogen) atoms. The minimum Gasteiger partial charge on any atom is -0.347 e. The zero-order valence-electron chi connectivity index (χ0n) is 7.08. The predicted molar refractivity (Wildman–Crippen MR) is 51.0 cm³/mol. The van der Waals surface area contributed by atoms with E-state index in [4.69, 9.17) is 5.73 Å². The quantitative estimate of drug-likeness (QED) is 0.685. The summed E-state index contributed by atoms with van der Waals surface area (Å²) in [6.07, 6.45) is 4.62. The molecule has 3 N–H and O–H groups in total. The lowest BCUT2D eigenvalue weighted by Crippen LogP contribution is -2.42. The van der Waals surface area contributed by atoms with Crippen molar-refractivity contribution in [3.63, 3.8) is 0 Å². The molecule has 0 unspecified atom stereocenters. The Morgan fingerprint density at radius 2 is 2.67 bits per heavy atom. The van der Waals surface area contributed by atoms with E-state index in [1.54, 1.807) is 6.20 Å². The van der Waals surface area contributed by atoms with Crippen LogP contribution >= 0.6 is 11.8 Å². The van der Waals surface area contributed by atoms with Gasteiger partial charge in [-0.05, 0) is 12.2 Å². The fourth-order valence-electron chi connectivity index (χ4n) is 1.59. The van der Waals surface area contributed by atoms with Crippen molar-refractivity contribution in [3.05, 3.63) is 18.2 Å². The van der Waals surface area contributed by atoms with Gasteiger partial charge >= 0.3 is 0 Å². The van der Waals surface area contributed by atoms with Crippen LogP contribution in [0.5, 0.6) is 0 Å². The summed E-state index contributed by atoms with van der Waals surface area (Å²) in [6, 6.07) is 0. The average Bonchev–Trinajstić information content (AvgIpc) is 2.62. The first-order valence-corrected chi connectivity index (χ1v) is 5.19. The highest BCUT2D eigenvalue weighted by atomic mass is 32.2. The van der Waals surface area contributed by atoms with Gasteiger partial charge < -0.3 is 10.7 Å². The highest BCUT2D eigenvalue weighted by Crippen LogP contribution is 2.39. The number of nitrogens with zero attached hydrogens (tertiary/aromatic N) is 1. The summed E-state index contributed by atoms with van der Waals surface area (Å²) in [5.41, 5.74) is 6.03. The van der Waals surface area contributed by atoms with Gasteiger partial charge in [-0.3, -0.25) is 0 Å². The van der Waals surface area contributed by atoms with Crippen molar-refractivity contribution in [2.24, 2.45) is 5.73 Å². The Hall–Kier alpha value is -0.480. The Kier molecular flexibility index (Phi) is 1.88. The third-order valence-corrected chi connectivity index (χ3v) is 3.91. The molecule has 0 aliphatic carbocycles. The van der Waals surface area contributed by atoms with Crippen LogP contribution < -0.4 is 5.73 Å². The number of nitrogens with one attached hydrogen (secondary N) is 1. The molecule has 1 aromatic rings. The molecule has 1 saturated heterocycles. The molecule has 66 valence electrons. The molecular weight excluding hydrogens is 170 g/mol. The molecule has 0 bridgehead atoms. The first-order chi connectivity index (χ1) is 5.73. The van der Waals surface area contributed by atoms with E-state index in [0.717, 1.165) is 18.0 Å². The largest absolute Gasteiger partial charge is 0.347 e. The van der Waals surface area contributed by atoms with Crippen LogP contribution in [-0.2, 0) is 5.54 Å². The van der Waals surface area contributed by atoms with Crippen molar-refractivity contribution in [1.29, 1.82) is 0 Å². The summed E-state index contributed by atoms with van der Waals surface area (Å²) >= 11 is 1.92. The minimum atomic E-state index is -0.228. The monoisotopic (exact) mass is 183 g/mol. The maximum Gasteiger partial charge on any atom is 0.127 e. The molecule has 2 heterocycles. The highest BCUT2D eigenvalue weighted by molar-refractivity contribution is 8.00. The smallest absolute Gasteiger partial charge is 0.127 e. The Bertz CT molecular complexity index is 259. The van der Waals surface area contributed by atoms with Crippen LogP contribution in [0.1, 0.15) is 19.2 Å². The summed E-state index contributed by atoms with van der Waals surface area (Å²) in [7, 11) is 0. The third kappa shape index (κ3) is 1.06. The lowest BCUT2D eigenvalue weighted by Gasteiger charge is -2.25. The molecule has 0 saturated carbocycles. The molecule has 3 nitrogen and oxygen atoms in total. The molecule has 0 radical (unpaired) electrons. The van der Waals surface area contributed by atoms with Crippen LogP contribution in [-0.4, -0.2) is 21.0 Å². The second-order valence-corrected chi connectivity index (χ2v) is 4.69. The number of hydrogen-bond acceptors (Lipinski definition) is 3. The summed E-state index contributed by atoms with van der Waals surface area (Å²) in [5.74, 6) is 2.07. The molecule has 4 heteroatoms. The first kappa shape index (κ1) is 8.13. The Balaban J connectivity index is 2.32. The number of hydrogen-bond donors (Lipinski definition) is 2. The topological polar surface area (TPSA) is 54.7 Å². The average molecular weight is 183 g/mol. The van der Waals surface area contributed by atoms with Crippen molar-refractivity contribution in [3.8, 4) is 0 Å². The number of thioether (sulfide) groups is 1. The molecule has 1 aliphatic rings. The number of H-pyrrole nitrogens is 1. The van der Waals surface area contributed by atoms with Crippen molar-refractivity contribution in [2.75, 3.05) is 5.75 Å². The molecule has 0 amide bonds. The third-order valence-electron chi connectivity index (χ3n) is 2.55. The maximum atomic E-state index is 6.25. The van der Waals surface area contributed by atoms with Gasteiger partial charge in [0.1, 0.15) is 5.82 Å². The second kappa shape index (κ2) is 2.78. The summed E-state index contributed by atoms with van der Waals surface area (Å²) in [5, 5.41) is 0.462. The van der Waals surface area contributed by atoms with E-state index < -0.39 is 0 Å². The van der Waals surface area contributed by atoms with Gasteiger partial charge in [0.15, 0.2) is 0 Å². The van der Waals surface area contributed by atoms with Crippen molar-refractivity contribution in [1.82, 2.24) is 9.97 Å². The molecular formula is C8H13N3S. The van der Waals surface area contributed by atoms with Crippen LogP contribution in [0.3, 0.4) is 0 Å². The Labute approximate surface area is 76.1 Å². The fourth-order valence-corrected chi connectivity index (χ4v) is 2.92. The fraction of sp³-hybridized carbons (Fsp3) is 0.625. The van der Waals surface area contributed by atoms with Crippen LogP contribution in [0.15, 0.2) is 12.4 Å². The highest BCUT2D eigenvalue weighted by Gasteiger charge is 2.40. The van der Waals surface area contributed by atoms with Crippen LogP contribution in [0.2, 0.25) is 0 Å². The summed E-state index contributed by atoms with van der Waals surface area (Å²) < 4.78 is 0. The van der Waals surface area contributed by atoms with Gasteiger partial charge in [-0.15, -0.1) is 0 Å². The van der Waals surface area contributed by atoms with Crippen LogP contribution in [0.25, 0.3) is 0 Å². The summed E-state index contributed by atoms with van der Waals surface area (Å²) in [4.78, 5) is 7.33. The van der Waals surface area contributed by atoms with E-state index >= 15 is 0 Å². The van der Waals surface area contributed by atoms with Crippen molar-refractivity contribution >= 4 is 11.8 Å². The van der Waals surface area contributed by atoms with Gasteiger partial charge in [0.25, 0.3) is 0 Å². The number of imidazole rings is 1. The lowest BCUT2D eigenvalue weighted by molar-refractivity contribution is 0.424. The number of aromatic nitrogens is 2. The van der Waals surface area contributed by atoms with E-state index in [1.807, 2.05) is 18.0 Å². The Morgan fingerprint density at radius 3 is 3.17 bits per heavy atom. The molecule has 2 atom stereocenters. The lowest BCUT2D eigenvalue weighted by atomic mass is 9.93. The Morgan fingerprint density at radius 1 is 1.83 bits per heavy atom. The van der Waals surface area contributed by atoms with Gasteiger partial charge in [-0.25, -0.2) is 4.98 Å². The predicted octanol–water partition coefficient (Wildman–Crippen LogP) is 1.09. The number of rotatable bonds is 1. The number of nitrogens with two attached hydrogens (primary N) is 1. The number of aromatic amines is 1. The van der Waals surface area contributed by atoms with E-state index in [1.165, 1.54) is 0 Å². The SMILES string of the molecule is C[C@H]1SCC[C@@]1(N)c1ncc[nH]1. The maximum absolute atomic E-state index is 6.25. The zero-order chi connectivity index (χ0) is 8.60. The van der Waals surface area contributed by atoms with Crippen LogP contribution in [0.4, 0.5) is 0 Å². The zero-order valence-corrected chi connectivity index (χ0v) is 7.90. The van der Waals surface area contributed by atoms with Gasteiger partial charge in [0.2, 0.25) is 0 Å². The molecule has 0 spiro atoms. The van der Waals surface area contributed by atoms with Gasteiger partial charge in [-0.1, -0.05) is 6.92 Å². The second-order valence-electron chi connectivity index (χ2n) is 3.24. The van der Waals surface area contributed by atoms with Gasteiger partial charge in [0, 0.05) is 17.6 Å². The normalized spacial score (nSPS) is 35.7. The van der Waals surface area contributed by atoms with E-state index in [2.05, 4.69) is 16.9 Å². The standard InChI is InChI=1S/C8H13N3S/c1-6-8(9,2-5-12-6)7-10-3-4-11-7/h3-4,6H,2,5,9H2,1H3,(H,10,11)/t6-,8+/m1/s1. The molecule has 1 aliphatic heterocycles. The molecule has 1 fully saturated rings. The van der Waals surface area contributed by atoms with E-state index in [0.29, 0.717) is 5.25 Å². The first-order valence-electron chi connectivity index (χ1n) is 4.14. The molecule has 0 aromatic carbocycles. The summed E-state index contributed by atoms with van der Waals surface area (Å²) in [6.45, 7) is 2.17. The van der Waals surface area contributed by atoms with E-state index in [9.17, 15) is 0 Å². The van der Waals surface area contributed by atoms with Crippen molar-refractivity contribution < 1.29 is 0 Å².